The van der Waals surface area contributed by atoms with Crippen LogP contribution in [-0.2, 0) is 17.8 Å². The summed E-state index contributed by atoms with van der Waals surface area (Å²) in [6.45, 7) is 2.44. The number of nitrogens with one attached hydrogen (secondary N) is 2. The van der Waals surface area contributed by atoms with Crippen LogP contribution in [0, 0.1) is 6.92 Å². The van der Waals surface area contributed by atoms with Crippen LogP contribution in [0.4, 0.5) is 0 Å². The summed E-state index contributed by atoms with van der Waals surface area (Å²) in [4.78, 5) is 11.9. The molecule has 0 aliphatic heterocycles. The van der Waals surface area contributed by atoms with Gasteiger partial charge in [-0.1, -0.05) is 17.7 Å². The second-order valence-corrected chi connectivity index (χ2v) is 4.35. The minimum atomic E-state index is -0.0431. The normalized spacial score (nSPS) is 10.2. The molecule has 0 atom stereocenters. The van der Waals surface area contributed by atoms with Crippen LogP contribution in [0.15, 0.2) is 30.5 Å². The predicted molar refractivity (Wildman–Crippen MR) is 71.9 cm³/mol. The van der Waals surface area contributed by atoms with E-state index in [1.165, 1.54) is 0 Å². The number of benzene rings is 1. The van der Waals surface area contributed by atoms with Crippen LogP contribution in [0.3, 0.4) is 0 Å². The molecule has 0 bridgehead atoms. The molecular formula is C14H17N3O2. The molecule has 5 heteroatoms. The van der Waals surface area contributed by atoms with Gasteiger partial charge in [0.1, 0.15) is 5.75 Å². The lowest BCUT2D eigenvalue weighted by Gasteiger charge is -2.09. The van der Waals surface area contributed by atoms with E-state index in [4.69, 9.17) is 4.74 Å². The van der Waals surface area contributed by atoms with E-state index < -0.39 is 0 Å². The van der Waals surface area contributed by atoms with Gasteiger partial charge < -0.3 is 10.1 Å². The molecule has 2 rings (SSSR count). The molecule has 0 spiro atoms. The van der Waals surface area contributed by atoms with Crippen molar-refractivity contribution in [3.8, 4) is 5.75 Å². The maximum absolute atomic E-state index is 11.9. The highest BCUT2D eigenvalue weighted by Gasteiger charge is 2.09. The largest absolute Gasteiger partial charge is 0.496 e. The van der Waals surface area contributed by atoms with Gasteiger partial charge in [-0.2, -0.15) is 5.10 Å². The minimum absolute atomic E-state index is 0.0431. The third-order valence-corrected chi connectivity index (χ3v) is 2.82. The van der Waals surface area contributed by atoms with Crippen molar-refractivity contribution in [3.63, 3.8) is 0 Å². The monoisotopic (exact) mass is 259 g/mol. The number of ether oxygens (including phenoxy) is 1. The van der Waals surface area contributed by atoms with Gasteiger partial charge in [-0.3, -0.25) is 9.89 Å². The van der Waals surface area contributed by atoms with Gasteiger partial charge in [0.2, 0.25) is 5.91 Å². The number of rotatable bonds is 5. The van der Waals surface area contributed by atoms with Crippen molar-refractivity contribution < 1.29 is 9.53 Å². The summed E-state index contributed by atoms with van der Waals surface area (Å²) >= 11 is 0. The number of hydrogen-bond donors (Lipinski definition) is 2. The Morgan fingerprint density at radius 3 is 2.95 bits per heavy atom. The Morgan fingerprint density at radius 2 is 2.26 bits per heavy atom. The SMILES string of the molecule is COc1ccc(C)cc1CC(=O)NCc1ccn[nH]1. The highest BCUT2D eigenvalue weighted by Crippen LogP contribution is 2.20. The van der Waals surface area contributed by atoms with Gasteiger partial charge in [0.25, 0.3) is 0 Å². The lowest BCUT2D eigenvalue weighted by Crippen LogP contribution is -2.25. The number of aryl methyl sites for hydroxylation is 1. The van der Waals surface area contributed by atoms with E-state index in [1.807, 2.05) is 31.2 Å². The number of amides is 1. The Labute approximate surface area is 112 Å². The first-order valence-corrected chi connectivity index (χ1v) is 6.07. The summed E-state index contributed by atoms with van der Waals surface area (Å²) in [5.74, 6) is 0.695. The molecule has 1 heterocycles. The maximum atomic E-state index is 11.9. The molecule has 0 unspecified atom stereocenters. The van der Waals surface area contributed by atoms with Crippen LogP contribution in [0.5, 0.6) is 5.75 Å². The van der Waals surface area contributed by atoms with Crippen LogP contribution in [-0.4, -0.2) is 23.2 Å². The fourth-order valence-electron chi connectivity index (χ4n) is 1.86. The Bertz CT molecular complexity index is 550. The first-order valence-electron chi connectivity index (χ1n) is 6.07. The maximum Gasteiger partial charge on any atom is 0.224 e. The number of H-pyrrole nitrogens is 1. The van der Waals surface area contributed by atoms with E-state index in [-0.39, 0.29) is 5.91 Å². The number of carbonyl (C=O) groups is 1. The van der Waals surface area contributed by atoms with Crippen LogP contribution >= 0.6 is 0 Å². The van der Waals surface area contributed by atoms with Gasteiger partial charge >= 0.3 is 0 Å². The van der Waals surface area contributed by atoms with Gasteiger partial charge in [-0.15, -0.1) is 0 Å². The van der Waals surface area contributed by atoms with Crippen molar-refractivity contribution in [1.82, 2.24) is 15.5 Å². The summed E-state index contributed by atoms with van der Waals surface area (Å²) in [7, 11) is 1.61. The molecule has 1 amide bonds. The fraction of sp³-hybridized carbons (Fsp3) is 0.286. The van der Waals surface area contributed by atoms with Gasteiger partial charge in [-0.05, 0) is 19.1 Å². The third-order valence-electron chi connectivity index (χ3n) is 2.82. The number of methoxy groups -OCH3 is 1. The second-order valence-electron chi connectivity index (χ2n) is 4.35. The topological polar surface area (TPSA) is 67.0 Å². The average molecular weight is 259 g/mol. The van der Waals surface area contributed by atoms with E-state index in [0.717, 1.165) is 22.6 Å². The Kier molecular flexibility index (Phi) is 4.18. The van der Waals surface area contributed by atoms with E-state index in [1.54, 1.807) is 13.3 Å². The van der Waals surface area contributed by atoms with Gasteiger partial charge in [0, 0.05) is 11.8 Å². The predicted octanol–water partition coefficient (Wildman–Crippen LogP) is 1.59. The van der Waals surface area contributed by atoms with Crippen LogP contribution in [0.2, 0.25) is 0 Å². The highest BCUT2D eigenvalue weighted by atomic mass is 16.5. The number of nitrogens with zero attached hydrogens (tertiary/aromatic N) is 1. The molecule has 1 aromatic carbocycles. The zero-order chi connectivity index (χ0) is 13.7. The molecule has 0 saturated carbocycles. The van der Waals surface area contributed by atoms with E-state index in [0.29, 0.717) is 13.0 Å². The summed E-state index contributed by atoms with van der Waals surface area (Å²) in [6, 6.07) is 7.64. The standard InChI is InChI=1S/C14H17N3O2/c1-10-3-4-13(19-2)11(7-10)8-14(18)15-9-12-5-6-16-17-12/h3-7H,8-9H2,1-2H3,(H,15,18)(H,16,17). The summed E-state index contributed by atoms with van der Waals surface area (Å²) in [5.41, 5.74) is 2.88. The summed E-state index contributed by atoms with van der Waals surface area (Å²) < 4.78 is 5.26. The Balaban J connectivity index is 1.96. The van der Waals surface area contributed by atoms with E-state index in [2.05, 4.69) is 15.5 Å². The molecule has 0 radical (unpaired) electrons. The van der Waals surface area contributed by atoms with Crippen molar-refractivity contribution in [1.29, 1.82) is 0 Å². The molecule has 19 heavy (non-hydrogen) atoms. The molecule has 0 aliphatic carbocycles. The third kappa shape index (κ3) is 3.58. The Hall–Kier alpha value is -2.30. The van der Waals surface area contributed by atoms with Gasteiger partial charge in [0.05, 0.1) is 25.8 Å². The first kappa shape index (κ1) is 13.1. The molecule has 1 aromatic heterocycles. The second kappa shape index (κ2) is 6.04. The molecule has 5 nitrogen and oxygen atoms in total. The van der Waals surface area contributed by atoms with Crippen LogP contribution in [0.25, 0.3) is 0 Å². The minimum Gasteiger partial charge on any atom is -0.496 e. The number of aromatic nitrogens is 2. The molecule has 2 aromatic rings. The molecule has 0 fully saturated rings. The Morgan fingerprint density at radius 1 is 1.42 bits per heavy atom. The molecule has 2 N–H and O–H groups in total. The summed E-state index contributed by atoms with van der Waals surface area (Å²) in [6.07, 6.45) is 1.96. The van der Waals surface area contributed by atoms with Crippen molar-refractivity contribution in [2.24, 2.45) is 0 Å². The molecule has 100 valence electrons. The molecule has 0 saturated heterocycles. The lowest BCUT2D eigenvalue weighted by molar-refractivity contribution is -0.120. The molecule has 0 aliphatic rings. The molecular weight excluding hydrogens is 242 g/mol. The number of aromatic amines is 1. The van der Waals surface area contributed by atoms with Crippen LogP contribution < -0.4 is 10.1 Å². The van der Waals surface area contributed by atoms with Crippen LogP contribution in [0.1, 0.15) is 16.8 Å². The van der Waals surface area contributed by atoms with Crippen molar-refractivity contribution in [2.45, 2.75) is 19.9 Å². The van der Waals surface area contributed by atoms with Crippen molar-refractivity contribution in [3.05, 3.63) is 47.3 Å². The number of hydrogen-bond acceptors (Lipinski definition) is 3. The summed E-state index contributed by atoms with van der Waals surface area (Å²) in [5, 5.41) is 9.46. The van der Waals surface area contributed by atoms with Gasteiger partial charge in [-0.25, -0.2) is 0 Å². The van der Waals surface area contributed by atoms with E-state index >= 15 is 0 Å². The lowest BCUT2D eigenvalue weighted by atomic mass is 10.1. The fourth-order valence-corrected chi connectivity index (χ4v) is 1.86. The van der Waals surface area contributed by atoms with Crippen molar-refractivity contribution >= 4 is 5.91 Å². The first-order chi connectivity index (χ1) is 9.19. The number of carbonyl (C=O) groups excluding carboxylic acids is 1. The van der Waals surface area contributed by atoms with E-state index in [9.17, 15) is 4.79 Å². The average Bonchev–Trinajstić information content (AvgIpc) is 2.90. The zero-order valence-corrected chi connectivity index (χ0v) is 11.1. The highest BCUT2D eigenvalue weighted by molar-refractivity contribution is 5.79. The van der Waals surface area contributed by atoms with Crippen molar-refractivity contribution in [2.75, 3.05) is 7.11 Å². The zero-order valence-electron chi connectivity index (χ0n) is 11.1. The van der Waals surface area contributed by atoms with Gasteiger partial charge in [0.15, 0.2) is 0 Å². The smallest absolute Gasteiger partial charge is 0.224 e. The quantitative estimate of drug-likeness (QED) is 0.856.